The first kappa shape index (κ1) is 12.6. The molecule has 100 valence electrons. The smallest absolute Gasteiger partial charge is 0.434 e. The lowest BCUT2D eigenvalue weighted by Gasteiger charge is -2.40. The second kappa shape index (κ2) is 4.94. The second-order valence-electron chi connectivity index (χ2n) is 4.62. The Labute approximate surface area is 118 Å². The molecule has 1 aromatic carbocycles. The summed E-state index contributed by atoms with van der Waals surface area (Å²) in [5.74, 6) is -1.82. The Morgan fingerprint density at radius 3 is 2.63 bits per heavy atom. The molecule has 2 aliphatic heterocycles. The second-order valence-corrected chi connectivity index (χ2v) is 5.53. The maximum atomic E-state index is 11.3. The highest BCUT2D eigenvalue weighted by atomic mass is 79.9. The SMILES string of the molecule is O=C1OC2[C@H](c3ccc(Br)cc3)CCCN2OC1=O. The number of ether oxygens (including phenoxy) is 1. The first-order chi connectivity index (χ1) is 9.15. The van der Waals surface area contributed by atoms with Gasteiger partial charge in [-0.05, 0) is 30.5 Å². The van der Waals surface area contributed by atoms with Crippen LogP contribution in [-0.2, 0) is 19.2 Å². The fraction of sp³-hybridized carbons (Fsp3) is 0.385. The van der Waals surface area contributed by atoms with Gasteiger partial charge in [0.05, 0.1) is 0 Å². The number of hydrogen-bond donors (Lipinski definition) is 0. The van der Waals surface area contributed by atoms with Crippen LogP contribution >= 0.6 is 15.9 Å². The van der Waals surface area contributed by atoms with Crippen molar-refractivity contribution < 1.29 is 19.2 Å². The summed E-state index contributed by atoms with van der Waals surface area (Å²) in [6.45, 7) is 0.594. The van der Waals surface area contributed by atoms with Gasteiger partial charge in [0.15, 0.2) is 6.23 Å². The Hall–Kier alpha value is -1.40. The third-order valence-electron chi connectivity index (χ3n) is 3.41. The molecule has 2 atom stereocenters. The van der Waals surface area contributed by atoms with Gasteiger partial charge in [-0.3, -0.25) is 0 Å². The van der Waals surface area contributed by atoms with Crippen molar-refractivity contribution in [3.05, 3.63) is 34.3 Å². The van der Waals surface area contributed by atoms with Crippen LogP contribution < -0.4 is 0 Å². The summed E-state index contributed by atoms with van der Waals surface area (Å²) in [5.41, 5.74) is 1.07. The molecule has 0 aromatic heterocycles. The normalized spacial score (nSPS) is 27.4. The summed E-state index contributed by atoms with van der Waals surface area (Å²) in [7, 11) is 0. The highest BCUT2D eigenvalue weighted by Gasteiger charge is 2.43. The molecule has 2 aliphatic rings. The van der Waals surface area contributed by atoms with Gasteiger partial charge in [-0.25, -0.2) is 9.59 Å². The van der Waals surface area contributed by atoms with Crippen LogP contribution in [0.4, 0.5) is 0 Å². The van der Waals surface area contributed by atoms with E-state index in [1.54, 1.807) is 0 Å². The molecule has 2 heterocycles. The monoisotopic (exact) mass is 325 g/mol. The molecule has 0 bridgehead atoms. The molecule has 1 aromatic rings. The molecule has 2 saturated heterocycles. The van der Waals surface area contributed by atoms with Crippen LogP contribution in [0.1, 0.15) is 24.3 Å². The number of hydrogen-bond acceptors (Lipinski definition) is 5. The zero-order valence-corrected chi connectivity index (χ0v) is 11.6. The van der Waals surface area contributed by atoms with Gasteiger partial charge in [-0.15, -0.1) is 0 Å². The quantitative estimate of drug-likeness (QED) is 0.583. The Balaban J connectivity index is 1.87. The van der Waals surface area contributed by atoms with E-state index in [1.165, 1.54) is 5.06 Å². The zero-order chi connectivity index (χ0) is 13.4. The Kier molecular flexibility index (Phi) is 3.28. The van der Waals surface area contributed by atoms with Crippen LogP contribution in [0.25, 0.3) is 0 Å². The molecule has 0 N–H and O–H groups in total. The maximum Gasteiger partial charge on any atom is 0.436 e. The third-order valence-corrected chi connectivity index (χ3v) is 3.94. The average Bonchev–Trinajstić information content (AvgIpc) is 2.41. The van der Waals surface area contributed by atoms with Gasteiger partial charge in [0.1, 0.15) is 0 Å². The summed E-state index contributed by atoms with van der Waals surface area (Å²) in [5, 5.41) is 1.47. The first-order valence-corrected chi connectivity index (χ1v) is 6.89. The fourth-order valence-corrected chi connectivity index (χ4v) is 2.78. The van der Waals surface area contributed by atoms with Gasteiger partial charge in [-0.2, -0.15) is 0 Å². The molecular weight excluding hydrogens is 314 g/mol. The number of halogens is 1. The van der Waals surface area contributed by atoms with Crippen molar-refractivity contribution in [2.45, 2.75) is 25.0 Å². The van der Waals surface area contributed by atoms with Crippen LogP contribution in [0.5, 0.6) is 0 Å². The lowest BCUT2D eigenvalue weighted by atomic mass is 9.89. The fourth-order valence-electron chi connectivity index (χ4n) is 2.52. The largest absolute Gasteiger partial charge is 0.436 e. The summed E-state index contributed by atoms with van der Waals surface area (Å²) in [6.07, 6.45) is 1.27. The number of hydroxylamine groups is 2. The lowest BCUT2D eigenvalue weighted by Crippen LogP contribution is -2.53. The van der Waals surface area contributed by atoms with Crippen LogP contribution in [0.15, 0.2) is 28.7 Å². The van der Waals surface area contributed by atoms with E-state index in [4.69, 9.17) is 9.57 Å². The number of piperidine rings is 1. The first-order valence-electron chi connectivity index (χ1n) is 6.10. The molecule has 0 amide bonds. The number of carbonyl (C=O) groups is 2. The van der Waals surface area contributed by atoms with Gasteiger partial charge in [0.2, 0.25) is 0 Å². The van der Waals surface area contributed by atoms with Crippen molar-refractivity contribution >= 4 is 27.9 Å². The van der Waals surface area contributed by atoms with Crippen molar-refractivity contribution in [3.8, 4) is 0 Å². The number of esters is 1. The zero-order valence-electron chi connectivity index (χ0n) is 10.0. The molecule has 0 saturated carbocycles. The van der Waals surface area contributed by atoms with E-state index in [0.29, 0.717) is 6.54 Å². The van der Waals surface area contributed by atoms with Crippen molar-refractivity contribution in [2.75, 3.05) is 6.54 Å². The summed E-state index contributed by atoms with van der Waals surface area (Å²) < 4.78 is 6.20. The van der Waals surface area contributed by atoms with E-state index in [1.807, 2.05) is 24.3 Å². The molecule has 0 radical (unpaired) electrons. The standard InChI is InChI=1S/C13H12BrNO4/c14-9-5-3-8(4-6-9)10-2-1-7-15-11(10)18-12(16)13(17)19-15/h3-6,10-11H,1-2,7H2/t10-,11?/m0/s1. The van der Waals surface area contributed by atoms with Gasteiger partial charge in [0.25, 0.3) is 0 Å². The molecule has 3 rings (SSSR count). The van der Waals surface area contributed by atoms with E-state index in [-0.39, 0.29) is 5.92 Å². The lowest BCUT2D eigenvalue weighted by molar-refractivity contribution is -0.277. The van der Waals surface area contributed by atoms with Crippen molar-refractivity contribution in [2.24, 2.45) is 0 Å². The number of nitrogens with zero attached hydrogens (tertiary/aromatic N) is 1. The van der Waals surface area contributed by atoms with Gasteiger partial charge in [-0.1, -0.05) is 33.1 Å². The van der Waals surface area contributed by atoms with Gasteiger partial charge < -0.3 is 9.57 Å². The van der Waals surface area contributed by atoms with Gasteiger partial charge >= 0.3 is 11.9 Å². The van der Waals surface area contributed by atoms with E-state index >= 15 is 0 Å². The minimum atomic E-state index is -0.937. The number of rotatable bonds is 1. The average molecular weight is 326 g/mol. The predicted molar refractivity (Wildman–Crippen MR) is 68.8 cm³/mol. The molecule has 2 fully saturated rings. The third kappa shape index (κ3) is 2.37. The van der Waals surface area contributed by atoms with Crippen LogP contribution in [0.3, 0.4) is 0 Å². The molecule has 0 spiro atoms. The topological polar surface area (TPSA) is 55.8 Å². The van der Waals surface area contributed by atoms with E-state index in [0.717, 1.165) is 22.9 Å². The van der Waals surface area contributed by atoms with Gasteiger partial charge in [0, 0.05) is 16.9 Å². The van der Waals surface area contributed by atoms with Crippen LogP contribution in [0.2, 0.25) is 0 Å². The molecule has 1 unspecified atom stereocenters. The van der Waals surface area contributed by atoms with E-state index in [9.17, 15) is 9.59 Å². The number of carbonyl (C=O) groups excluding carboxylic acids is 2. The minimum Gasteiger partial charge on any atom is -0.434 e. The number of fused-ring (bicyclic) bond motifs is 1. The molecule has 0 aliphatic carbocycles. The molecular formula is C13H12BrNO4. The predicted octanol–water partition coefficient (Wildman–Crippen LogP) is 1.97. The highest BCUT2D eigenvalue weighted by molar-refractivity contribution is 9.10. The van der Waals surface area contributed by atoms with Crippen LogP contribution in [-0.4, -0.2) is 29.8 Å². The van der Waals surface area contributed by atoms with E-state index in [2.05, 4.69) is 15.9 Å². The molecule has 5 nitrogen and oxygen atoms in total. The Bertz CT molecular complexity index is 516. The summed E-state index contributed by atoms with van der Waals surface area (Å²) in [4.78, 5) is 27.5. The Morgan fingerprint density at radius 2 is 1.89 bits per heavy atom. The maximum absolute atomic E-state index is 11.3. The summed E-state index contributed by atoms with van der Waals surface area (Å²) in [6, 6.07) is 7.88. The minimum absolute atomic E-state index is 0.0268. The van der Waals surface area contributed by atoms with Crippen molar-refractivity contribution in [1.29, 1.82) is 0 Å². The van der Waals surface area contributed by atoms with Crippen LogP contribution in [0, 0.1) is 0 Å². The van der Waals surface area contributed by atoms with E-state index < -0.39 is 18.2 Å². The Morgan fingerprint density at radius 1 is 1.16 bits per heavy atom. The highest BCUT2D eigenvalue weighted by Crippen LogP contribution is 2.35. The van der Waals surface area contributed by atoms with Crippen molar-refractivity contribution in [1.82, 2.24) is 5.06 Å². The molecule has 19 heavy (non-hydrogen) atoms. The molecule has 6 heteroatoms. The number of benzene rings is 1. The van der Waals surface area contributed by atoms with Crippen molar-refractivity contribution in [3.63, 3.8) is 0 Å². The summed E-state index contributed by atoms with van der Waals surface area (Å²) >= 11 is 3.39.